The van der Waals surface area contributed by atoms with Crippen molar-refractivity contribution in [3.05, 3.63) is 86.4 Å². The van der Waals surface area contributed by atoms with Crippen molar-refractivity contribution in [3.63, 3.8) is 0 Å². The fourth-order valence-corrected chi connectivity index (χ4v) is 7.35. The average molecular weight is 566 g/mol. The summed E-state index contributed by atoms with van der Waals surface area (Å²) in [6.07, 6.45) is 0.836. The molecule has 0 spiro atoms. The summed E-state index contributed by atoms with van der Waals surface area (Å²) in [5.74, 6) is -0.135. The molecule has 0 bridgehead atoms. The fraction of sp³-hybridized carbons (Fsp3) is 0.269. The first-order valence-corrected chi connectivity index (χ1v) is 14.2. The Bertz CT molecular complexity index is 1480. The first kappa shape index (κ1) is 25.4. The first-order valence-electron chi connectivity index (χ1n) is 11.6. The molecule has 0 radical (unpaired) electrons. The number of halogens is 3. The topological polar surface area (TPSA) is 70.9 Å². The lowest BCUT2D eigenvalue weighted by Crippen LogP contribution is -3.11. The largest absolute Gasteiger partial charge is 0.337 e. The Hall–Kier alpha value is -2.29. The Kier molecular flexibility index (Phi) is 6.72. The van der Waals surface area contributed by atoms with Crippen LogP contribution >= 0.6 is 34.8 Å². The summed E-state index contributed by atoms with van der Waals surface area (Å²) >= 11 is 18.8. The third-order valence-corrected chi connectivity index (χ3v) is 9.30. The number of rotatable bonds is 4. The molecule has 1 amide bonds. The quantitative estimate of drug-likeness (QED) is 0.478. The van der Waals surface area contributed by atoms with Gasteiger partial charge in [-0.2, -0.15) is 0 Å². The zero-order chi connectivity index (χ0) is 25.8. The number of carbonyl (C=O) groups excluding carboxylic acids is 1. The van der Waals surface area contributed by atoms with Gasteiger partial charge >= 0.3 is 0 Å². The maximum atomic E-state index is 14.0. The van der Waals surface area contributed by atoms with Crippen molar-refractivity contribution < 1.29 is 18.1 Å². The molecule has 1 fully saturated rings. The zero-order valence-corrected chi connectivity index (χ0v) is 22.8. The predicted molar refractivity (Wildman–Crippen MR) is 144 cm³/mol. The second kappa shape index (κ2) is 9.54. The molecule has 3 aromatic carbocycles. The Morgan fingerprint density at radius 2 is 1.83 bits per heavy atom. The highest BCUT2D eigenvalue weighted by atomic mass is 35.5. The molecule has 10 heteroatoms. The standard InChI is InChI=1S/C26H24Cl3N3O3S/c1-15-6-7-23-18(10-15)20-14-31(2)9-8-24(20)32(23)26(33)19-12-25(22(29)13-21(19)28)36(34,35)30-17-5-3-4-16(27)11-17/h3-7,10-13,20,24,30H,8-9,14H2,1-2H3/p+1/t20-,24-/m1/s1. The minimum Gasteiger partial charge on any atom is -0.337 e. The Morgan fingerprint density at radius 1 is 1.06 bits per heavy atom. The molecule has 2 N–H and O–H groups in total. The number of benzene rings is 3. The summed E-state index contributed by atoms with van der Waals surface area (Å²) < 4.78 is 28.9. The molecule has 1 unspecified atom stereocenters. The normalized spacial score (nSPS) is 21.1. The smallest absolute Gasteiger partial charge is 0.263 e. The lowest BCUT2D eigenvalue weighted by molar-refractivity contribution is -0.886. The van der Waals surface area contributed by atoms with E-state index in [-0.39, 0.29) is 44.1 Å². The number of carbonyl (C=O) groups is 1. The van der Waals surface area contributed by atoms with Gasteiger partial charge in [0.15, 0.2) is 0 Å². The number of nitrogens with one attached hydrogen (secondary N) is 2. The molecule has 2 aliphatic rings. The lowest BCUT2D eigenvalue weighted by atomic mass is 9.88. The molecule has 6 nitrogen and oxygen atoms in total. The highest BCUT2D eigenvalue weighted by Gasteiger charge is 2.46. The summed E-state index contributed by atoms with van der Waals surface area (Å²) in [5, 5.41) is 0.400. The van der Waals surface area contributed by atoms with Gasteiger partial charge in [-0.15, -0.1) is 0 Å². The number of aryl methyl sites for hydroxylation is 1. The number of hydrogen-bond acceptors (Lipinski definition) is 3. The SMILES string of the molecule is Cc1ccc2c(c1)[C@H]1C[NH+](C)CC[C@H]1N2C(=O)c1cc(S(=O)(=O)Nc2cccc(Cl)c2)c(Cl)cc1Cl. The van der Waals surface area contributed by atoms with Crippen LogP contribution in [0.15, 0.2) is 59.5 Å². The van der Waals surface area contributed by atoms with E-state index in [0.29, 0.717) is 5.02 Å². The summed E-state index contributed by atoms with van der Waals surface area (Å²) in [6, 6.07) is 15.0. The molecule has 0 aromatic heterocycles. The molecule has 3 atom stereocenters. The number of likely N-dealkylation sites (N-methyl/N-ethyl adjacent to an activating group) is 1. The maximum absolute atomic E-state index is 14.0. The van der Waals surface area contributed by atoms with Gasteiger partial charge in [0.2, 0.25) is 0 Å². The van der Waals surface area contributed by atoms with E-state index >= 15 is 0 Å². The first-order chi connectivity index (χ1) is 17.0. The summed E-state index contributed by atoms with van der Waals surface area (Å²) in [6.45, 7) is 3.90. The van der Waals surface area contributed by atoms with Crippen LogP contribution in [0.1, 0.15) is 33.8 Å². The molecule has 0 saturated carbocycles. The van der Waals surface area contributed by atoms with E-state index in [1.54, 1.807) is 23.1 Å². The molecule has 5 rings (SSSR count). The van der Waals surface area contributed by atoms with Gasteiger partial charge < -0.3 is 9.80 Å². The monoisotopic (exact) mass is 564 g/mol. The van der Waals surface area contributed by atoms with Crippen molar-refractivity contribution in [3.8, 4) is 0 Å². The second-order valence-corrected chi connectivity index (χ2v) is 12.4. The molecule has 1 saturated heterocycles. The molecule has 2 aliphatic heterocycles. The van der Waals surface area contributed by atoms with Crippen LogP contribution in [0, 0.1) is 6.92 Å². The molecule has 0 aliphatic carbocycles. The van der Waals surface area contributed by atoms with Crippen molar-refractivity contribution in [1.82, 2.24) is 0 Å². The Balaban J connectivity index is 1.55. The Labute approximate surface area is 225 Å². The zero-order valence-electron chi connectivity index (χ0n) is 19.7. The molecular formula is C26H25Cl3N3O3S+. The number of amides is 1. The fourth-order valence-electron chi connectivity index (χ4n) is 5.26. The van der Waals surface area contributed by atoms with Crippen LogP contribution < -0.4 is 14.5 Å². The number of fused-ring (bicyclic) bond motifs is 3. The van der Waals surface area contributed by atoms with Crippen LogP contribution in [0.2, 0.25) is 15.1 Å². The van der Waals surface area contributed by atoms with E-state index in [0.717, 1.165) is 36.3 Å². The van der Waals surface area contributed by atoms with Gasteiger partial charge in [-0.05, 0) is 48.9 Å². The minimum atomic E-state index is -4.13. The highest BCUT2D eigenvalue weighted by molar-refractivity contribution is 7.92. The van der Waals surface area contributed by atoms with Crippen molar-refractivity contribution >= 4 is 62.1 Å². The van der Waals surface area contributed by atoms with E-state index in [4.69, 9.17) is 34.8 Å². The number of quaternary nitrogens is 1. The third kappa shape index (κ3) is 4.59. The van der Waals surface area contributed by atoms with Crippen molar-refractivity contribution in [2.45, 2.75) is 30.2 Å². The van der Waals surface area contributed by atoms with E-state index in [2.05, 4.69) is 17.8 Å². The van der Waals surface area contributed by atoms with Gasteiger partial charge in [-0.1, -0.05) is 58.6 Å². The van der Waals surface area contributed by atoms with E-state index in [1.165, 1.54) is 23.1 Å². The van der Waals surface area contributed by atoms with E-state index in [9.17, 15) is 13.2 Å². The molecule has 2 heterocycles. The van der Waals surface area contributed by atoms with Gasteiger partial charge in [0.1, 0.15) is 4.90 Å². The molecule has 3 aromatic rings. The summed E-state index contributed by atoms with van der Waals surface area (Å²) in [7, 11) is -1.96. The van der Waals surface area contributed by atoms with Crippen LogP contribution in [0.5, 0.6) is 0 Å². The third-order valence-electron chi connectivity index (χ3n) is 6.91. The Morgan fingerprint density at radius 3 is 2.58 bits per heavy atom. The number of hydrogen-bond donors (Lipinski definition) is 2. The molecule has 36 heavy (non-hydrogen) atoms. The minimum absolute atomic E-state index is 0.0191. The molecular weight excluding hydrogens is 541 g/mol. The van der Waals surface area contributed by atoms with Crippen molar-refractivity contribution in [2.75, 3.05) is 29.8 Å². The van der Waals surface area contributed by atoms with Crippen LogP contribution in [0.3, 0.4) is 0 Å². The van der Waals surface area contributed by atoms with Crippen molar-refractivity contribution in [2.24, 2.45) is 0 Å². The number of nitrogens with zero attached hydrogens (tertiary/aromatic N) is 1. The highest BCUT2D eigenvalue weighted by Crippen LogP contribution is 2.44. The number of piperidine rings is 1. The van der Waals surface area contributed by atoms with Crippen LogP contribution in [0.4, 0.5) is 11.4 Å². The number of likely N-dealkylation sites (tertiary alicyclic amines) is 1. The summed E-state index contributed by atoms with van der Waals surface area (Å²) in [5.41, 5.74) is 3.50. The van der Waals surface area contributed by atoms with Gasteiger partial charge in [0.25, 0.3) is 15.9 Å². The van der Waals surface area contributed by atoms with Gasteiger partial charge in [-0.3, -0.25) is 9.52 Å². The average Bonchev–Trinajstić information content (AvgIpc) is 3.11. The van der Waals surface area contributed by atoms with Crippen LogP contribution in [0.25, 0.3) is 0 Å². The molecule has 188 valence electrons. The summed E-state index contributed by atoms with van der Waals surface area (Å²) in [4.78, 5) is 17.0. The maximum Gasteiger partial charge on any atom is 0.263 e. The second-order valence-electron chi connectivity index (χ2n) is 9.49. The number of sulfonamides is 1. The van der Waals surface area contributed by atoms with E-state index < -0.39 is 10.0 Å². The van der Waals surface area contributed by atoms with Gasteiger partial charge in [-0.25, -0.2) is 8.42 Å². The van der Waals surface area contributed by atoms with Gasteiger partial charge in [0.05, 0.1) is 53.4 Å². The number of anilines is 2. The van der Waals surface area contributed by atoms with Gasteiger partial charge in [0, 0.05) is 17.1 Å². The van der Waals surface area contributed by atoms with Crippen molar-refractivity contribution in [1.29, 1.82) is 0 Å². The van der Waals surface area contributed by atoms with E-state index in [1.807, 2.05) is 19.1 Å². The lowest BCUT2D eigenvalue weighted by Gasteiger charge is -2.34. The van der Waals surface area contributed by atoms with Crippen LogP contribution in [-0.2, 0) is 10.0 Å². The predicted octanol–water partition coefficient (Wildman–Crippen LogP) is 4.79. The van der Waals surface area contributed by atoms with Crippen LogP contribution in [-0.4, -0.2) is 40.5 Å².